The van der Waals surface area contributed by atoms with Crippen LogP contribution < -0.4 is 5.32 Å². The van der Waals surface area contributed by atoms with Crippen LogP contribution in [0.25, 0.3) is 11.1 Å². The smallest absolute Gasteiger partial charge is 0.230 e. The first kappa shape index (κ1) is 13.7. The van der Waals surface area contributed by atoms with E-state index in [9.17, 15) is 4.79 Å². The average molecular weight is 301 g/mol. The maximum absolute atomic E-state index is 12.3. The van der Waals surface area contributed by atoms with E-state index in [-0.39, 0.29) is 11.8 Å². The topological polar surface area (TPSA) is 67.6 Å². The van der Waals surface area contributed by atoms with E-state index in [1.807, 2.05) is 25.1 Å². The van der Waals surface area contributed by atoms with Gasteiger partial charge < -0.3 is 14.5 Å². The van der Waals surface area contributed by atoms with Gasteiger partial charge in [-0.3, -0.25) is 9.69 Å². The summed E-state index contributed by atoms with van der Waals surface area (Å²) in [6.45, 7) is 5.10. The Balaban J connectivity index is 1.37. The Morgan fingerprint density at radius 3 is 3.05 bits per heavy atom. The Hall–Kier alpha value is -1.92. The first-order chi connectivity index (χ1) is 10.7. The van der Waals surface area contributed by atoms with Crippen molar-refractivity contribution in [1.82, 2.24) is 9.88 Å². The second-order valence-electron chi connectivity index (χ2n) is 6.07. The number of carbonyl (C=O) groups is 1. The molecule has 2 fully saturated rings. The third-order valence-corrected chi connectivity index (χ3v) is 4.47. The summed E-state index contributed by atoms with van der Waals surface area (Å²) in [6, 6.07) is 6.06. The molecule has 1 unspecified atom stereocenters. The summed E-state index contributed by atoms with van der Waals surface area (Å²) in [7, 11) is 0. The SMILES string of the molecule is Cc1nc2ccc(NC(=O)C3CN(C4CCOC4)C3)cc2o1. The number of rotatable bonds is 3. The largest absolute Gasteiger partial charge is 0.441 e. The van der Waals surface area contributed by atoms with Gasteiger partial charge >= 0.3 is 0 Å². The molecule has 0 bridgehead atoms. The van der Waals surface area contributed by atoms with Crippen molar-refractivity contribution in [3.8, 4) is 0 Å². The third-order valence-electron chi connectivity index (χ3n) is 4.47. The van der Waals surface area contributed by atoms with Crippen LogP contribution in [0.3, 0.4) is 0 Å². The van der Waals surface area contributed by atoms with Crippen LogP contribution in [0.1, 0.15) is 12.3 Å². The van der Waals surface area contributed by atoms with Crippen LogP contribution in [0.4, 0.5) is 5.69 Å². The lowest BCUT2D eigenvalue weighted by molar-refractivity contribution is -0.126. The van der Waals surface area contributed by atoms with Crippen molar-refractivity contribution in [3.05, 3.63) is 24.1 Å². The summed E-state index contributed by atoms with van der Waals surface area (Å²) in [6.07, 6.45) is 1.08. The fraction of sp³-hybridized carbons (Fsp3) is 0.500. The van der Waals surface area contributed by atoms with E-state index in [4.69, 9.17) is 9.15 Å². The molecular formula is C16H19N3O3. The first-order valence-electron chi connectivity index (χ1n) is 7.69. The van der Waals surface area contributed by atoms with Gasteiger partial charge in [0.25, 0.3) is 0 Å². The molecule has 2 aliphatic rings. The summed E-state index contributed by atoms with van der Waals surface area (Å²) in [5.74, 6) is 0.769. The van der Waals surface area contributed by atoms with Gasteiger partial charge in [-0.1, -0.05) is 0 Å². The Morgan fingerprint density at radius 2 is 2.27 bits per heavy atom. The van der Waals surface area contributed by atoms with E-state index in [0.29, 0.717) is 17.5 Å². The number of oxazole rings is 1. The predicted molar refractivity (Wildman–Crippen MR) is 81.7 cm³/mol. The zero-order valence-corrected chi connectivity index (χ0v) is 12.5. The zero-order chi connectivity index (χ0) is 15.1. The minimum Gasteiger partial charge on any atom is -0.441 e. The number of amides is 1. The van der Waals surface area contributed by atoms with E-state index in [1.54, 1.807) is 0 Å². The molecule has 4 rings (SSSR count). The molecule has 6 heteroatoms. The van der Waals surface area contributed by atoms with E-state index in [2.05, 4.69) is 15.2 Å². The molecule has 6 nitrogen and oxygen atoms in total. The fourth-order valence-corrected chi connectivity index (χ4v) is 3.15. The molecule has 1 N–H and O–H groups in total. The highest BCUT2D eigenvalue weighted by molar-refractivity contribution is 5.95. The highest BCUT2D eigenvalue weighted by Crippen LogP contribution is 2.25. The number of benzene rings is 1. The second kappa shape index (κ2) is 5.37. The second-order valence-corrected chi connectivity index (χ2v) is 6.07. The lowest BCUT2D eigenvalue weighted by Crippen LogP contribution is -2.56. The van der Waals surface area contributed by atoms with Crippen LogP contribution in [0.15, 0.2) is 22.6 Å². The van der Waals surface area contributed by atoms with Gasteiger partial charge in [0.2, 0.25) is 5.91 Å². The quantitative estimate of drug-likeness (QED) is 0.936. The Morgan fingerprint density at radius 1 is 1.41 bits per heavy atom. The number of nitrogens with zero attached hydrogens (tertiary/aromatic N) is 2. The van der Waals surface area contributed by atoms with Crippen LogP contribution in [-0.4, -0.2) is 48.1 Å². The highest BCUT2D eigenvalue weighted by Gasteiger charge is 2.37. The molecule has 1 atom stereocenters. The van der Waals surface area contributed by atoms with Crippen LogP contribution in [-0.2, 0) is 9.53 Å². The van der Waals surface area contributed by atoms with Crippen LogP contribution in [0, 0.1) is 12.8 Å². The summed E-state index contributed by atoms with van der Waals surface area (Å²) in [4.78, 5) is 18.9. The lowest BCUT2D eigenvalue weighted by atomic mass is 9.96. The minimum absolute atomic E-state index is 0.0627. The van der Waals surface area contributed by atoms with Crippen molar-refractivity contribution in [1.29, 1.82) is 0 Å². The summed E-state index contributed by atoms with van der Waals surface area (Å²) < 4.78 is 10.9. The molecule has 22 heavy (non-hydrogen) atoms. The van der Waals surface area contributed by atoms with Crippen molar-refractivity contribution in [2.45, 2.75) is 19.4 Å². The summed E-state index contributed by atoms with van der Waals surface area (Å²) >= 11 is 0. The molecule has 2 aromatic rings. The molecule has 1 aromatic heterocycles. The Bertz CT molecular complexity index is 700. The molecule has 3 heterocycles. The molecule has 116 valence electrons. The van der Waals surface area contributed by atoms with Gasteiger partial charge in [-0.05, 0) is 18.6 Å². The molecule has 0 aliphatic carbocycles. The summed E-state index contributed by atoms with van der Waals surface area (Å²) in [5, 5.41) is 2.97. The Kier molecular flexibility index (Phi) is 3.35. The number of ether oxygens (including phenoxy) is 1. The lowest BCUT2D eigenvalue weighted by Gasteiger charge is -2.41. The zero-order valence-electron chi connectivity index (χ0n) is 12.5. The Labute approximate surface area is 128 Å². The van der Waals surface area contributed by atoms with Crippen LogP contribution in [0.2, 0.25) is 0 Å². The van der Waals surface area contributed by atoms with Crippen molar-refractivity contribution < 1.29 is 13.9 Å². The number of fused-ring (bicyclic) bond motifs is 1. The number of hydrogen-bond donors (Lipinski definition) is 1. The number of likely N-dealkylation sites (tertiary alicyclic amines) is 1. The number of aromatic nitrogens is 1. The molecule has 1 amide bonds. The number of hydrogen-bond acceptors (Lipinski definition) is 5. The molecule has 2 aliphatic heterocycles. The van der Waals surface area contributed by atoms with Crippen molar-refractivity contribution in [2.24, 2.45) is 5.92 Å². The predicted octanol–water partition coefficient (Wildman–Crippen LogP) is 1.80. The average Bonchev–Trinajstić information content (AvgIpc) is 3.05. The number of aryl methyl sites for hydroxylation is 1. The maximum Gasteiger partial charge on any atom is 0.230 e. The highest BCUT2D eigenvalue weighted by atomic mass is 16.5. The van der Waals surface area contributed by atoms with E-state index in [1.165, 1.54) is 0 Å². The van der Waals surface area contributed by atoms with E-state index < -0.39 is 0 Å². The van der Waals surface area contributed by atoms with Crippen molar-refractivity contribution >= 4 is 22.7 Å². The standard InChI is InChI=1S/C16H19N3O3/c1-10-17-14-3-2-12(6-15(14)22-10)18-16(20)11-7-19(8-11)13-4-5-21-9-13/h2-3,6,11,13H,4-5,7-9H2,1H3,(H,18,20). The number of anilines is 1. The van der Waals surface area contributed by atoms with Gasteiger partial charge in [0.1, 0.15) is 5.52 Å². The normalized spacial score (nSPS) is 22.9. The molecule has 2 saturated heterocycles. The molecule has 1 aromatic carbocycles. The molecule has 0 spiro atoms. The number of carbonyl (C=O) groups excluding carboxylic acids is 1. The maximum atomic E-state index is 12.3. The van der Waals surface area contributed by atoms with Gasteiger partial charge in [-0.2, -0.15) is 0 Å². The van der Waals surface area contributed by atoms with Gasteiger partial charge in [-0.25, -0.2) is 4.98 Å². The minimum atomic E-state index is 0.0627. The monoisotopic (exact) mass is 301 g/mol. The van der Waals surface area contributed by atoms with Gasteiger partial charge in [0.05, 0.1) is 12.5 Å². The molecular weight excluding hydrogens is 282 g/mol. The number of nitrogens with one attached hydrogen (secondary N) is 1. The molecule has 0 radical (unpaired) electrons. The fourth-order valence-electron chi connectivity index (χ4n) is 3.15. The van der Waals surface area contributed by atoms with E-state index >= 15 is 0 Å². The summed E-state index contributed by atoms with van der Waals surface area (Å²) in [5.41, 5.74) is 2.27. The van der Waals surface area contributed by atoms with Crippen molar-refractivity contribution in [3.63, 3.8) is 0 Å². The van der Waals surface area contributed by atoms with E-state index in [0.717, 1.165) is 43.9 Å². The molecule has 0 saturated carbocycles. The van der Waals surface area contributed by atoms with Crippen LogP contribution in [0.5, 0.6) is 0 Å². The third kappa shape index (κ3) is 2.48. The van der Waals surface area contributed by atoms with Gasteiger partial charge in [0, 0.05) is 44.4 Å². The van der Waals surface area contributed by atoms with Gasteiger partial charge in [-0.15, -0.1) is 0 Å². The van der Waals surface area contributed by atoms with Gasteiger partial charge in [0.15, 0.2) is 11.5 Å². The van der Waals surface area contributed by atoms with Crippen molar-refractivity contribution in [2.75, 3.05) is 31.6 Å². The first-order valence-corrected chi connectivity index (χ1v) is 7.69. The van der Waals surface area contributed by atoms with Crippen LogP contribution >= 0.6 is 0 Å².